The first-order chi connectivity index (χ1) is 11.2. The molecule has 23 heavy (non-hydrogen) atoms. The number of carbonyl (C=O) groups excluding carboxylic acids is 1. The third-order valence-corrected chi connectivity index (χ3v) is 4.24. The molecule has 1 aromatic heterocycles. The van der Waals surface area contributed by atoms with E-state index in [0.717, 1.165) is 25.9 Å². The lowest BCUT2D eigenvalue weighted by Gasteiger charge is -2.30. The highest BCUT2D eigenvalue weighted by Crippen LogP contribution is 2.19. The van der Waals surface area contributed by atoms with Crippen molar-refractivity contribution in [2.75, 3.05) is 19.7 Å². The topological polar surface area (TPSA) is 75.3 Å². The maximum atomic E-state index is 12.1. The van der Waals surface area contributed by atoms with Crippen molar-refractivity contribution >= 4 is 16.9 Å². The normalized spacial score (nSPS) is 16.6. The summed E-state index contributed by atoms with van der Waals surface area (Å²) in [6.45, 7) is 4.46. The van der Waals surface area contributed by atoms with Crippen LogP contribution in [0.3, 0.4) is 0 Å². The van der Waals surface area contributed by atoms with Gasteiger partial charge in [-0.05, 0) is 45.0 Å². The summed E-state index contributed by atoms with van der Waals surface area (Å²) in [6.07, 6.45) is 1.58. The van der Waals surface area contributed by atoms with E-state index in [4.69, 9.17) is 4.74 Å². The first-order valence-corrected chi connectivity index (χ1v) is 8.04. The van der Waals surface area contributed by atoms with E-state index in [0.29, 0.717) is 29.9 Å². The molecule has 1 aliphatic rings. The molecular formula is C17H21N3O3. The van der Waals surface area contributed by atoms with E-state index in [1.54, 1.807) is 6.07 Å². The average Bonchev–Trinajstić information content (AvgIpc) is 2.56. The fourth-order valence-electron chi connectivity index (χ4n) is 3.01. The van der Waals surface area contributed by atoms with Crippen LogP contribution >= 0.6 is 0 Å². The number of rotatable bonds is 4. The largest absolute Gasteiger partial charge is 0.466 e. The van der Waals surface area contributed by atoms with Crippen molar-refractivity contribution in [3.63, 3.8) is 0 Å². The number of nitrogens with zero attached hydrogens (tertiary/aromatic N) is 2. The first-order valence-electron chi connectivity index (χ1n) is 8.04. The van der Waals surface area contributed by atoms with Crippen LogP contribution in [0.5, 0.6) is 0 Å². The molecule has 1 N–H and O–H groups in total. The SMILES string of the molecule is CCOC(=O)C1CCN(Cc2nc3ccccc3c(=O)[nH]2)CC1. The minimum Gasteiger partial charge on any atom is -0.466 e. The standard InChI is InChI=1S/C17H21N3O3/c1-2-23-17(22)12-7-9-20(10-8-12)11-15-18-14-6-4-3-5-13(14)16(21)19-15/h3-6,12H,2,7-11H2,1H3,(H,18,19,21). The minimum absolute atomic E-state index is 0.00480. The molecule has 1 fully saturated rings. The summed E-state index contributed by atoms with van der Waals surface area (Å²) in [4.78, 5) is 33.4. The Kier molecular flexibility index (Phi) is 4.71. The Morgan fingerprint density at radius 1 is 1.35 bits per heavy atom. The molecule has 0 amide bonds. The molecule has 0 aliphatic carbocycles. The van der Waals surface area contributed by atoms with Crippen LogP contribution in [-0.4, -0.2) is 40.5 Å². The number of ether oxygens (including phenoxy) is 1. The van der Waals surface area contributed by atoms with Crippen molar-refractivity contribution in [1.29, 1.82) is 0 Å². The van der Waals surface area contributed by atoms with Crippen LogP contribution < -0.4 is 5.56 Å². The molecule has 2 aromatic rings. The molecule has 0 spiro atoms. The van der Waals surface area contributed by atoms with Crippen LogP contribution in [0.2, 0.25) is 0 Å². The van der Waals surface area contributed by atoms with E-state index in [2.05, 4.69) is 14.9 Å². The second kappa shape index (κ2) is 6.91. The zero-order valence-electron chi connectivity index (χ0n) is 13.2. The Hall–Kier alpha value is -2.21. The van der Waals surface area contributed by atoms with Crippen molar-refractivity contribution < 1.29 is 9.53 Å². The fourth-order valence-corrected chi connectivity index (χ4v) is 3.01. The predicted octanol–water partition coefficient (Wildman–Crippen LogP) is 1.70. The lowest BCUT2D eigenvalue weighted by Crippen LogP contribution is -2.37. The first kappa shape index (κ1) is 15.7. The summed E-state index contributed by atoms with van der Waals surface area (Å²) in [5, 5.41) is 0.609. The quantitative estimate of drug-likeness (QED) is 0.869. The summed E-state index contributed by atoms with van der Waals surface area (Å²) >= 11 is 0. The molecule has 0 saturated carbocycles. The second-order valence-corrected chi connectivity index (χ2v) is 5.83. The highest BCUT2D eigenvalue weighted by Gasteiger charge is 2.26. The van der Waals surface area contributed by atoms with E-state index >= 15 is 0 Å². The highest BCUT2D eigenvalue weighted by atomic mass is 16.5. The van der Waals surface area contributed by atoms with Crippen LogP contribution in [0.1, 0.15) is 25.6 Å². The van der Waals surface area contributed by atoms with Gasteiger partial charge in [-0.3, -0.25) is 14.5 Å². The maximum absolute atomic E-state index is 12.1. The highest BCUT2D eigenvalue weighted by molar-refractivity contribution is 5.77. The van der Waals surface area contributed by atoms with Crippen LogP contribution in [0.4, 0.5) is 0 Å². The van der Waals surface area contributed by atoms with Gasteiger partial charge in [0.05, 0.1) is 30.0 Å². The van der Waals surface area contributed by atoms with Gasteiger partial charge in [0.15, 0.2) is 0 Å². The number of fused-ring (bicyclic) bond motifs is 1. The van der Waals surface area contributed by atoms with Crippen LogP contribution in [0.15, 0.2) is 29.1 Å². The van der Waals surface area contributed by atoms with Crippen molar-refractivity contribution in [3.05, 3.63) is 40.4 Å². The number of benzene rings is 1. The van der Waals surface area contributed by atoms with Crippen LogP contribution in [-0.2, 0) is 16.1 Å². The Balaban J connectivity index is 1.65. The number of piperidine rings is 1. The lowest BCUT2D eigenvalue weighted by molar-refractivity contribution is -0.149. The summed E-state index contributed by atoms with van der Waals surface area (Å²) in [5.41, 5.74) is 0.611. The zero-order valence-corrected chi connectivity index (χ0v) is 13.2. The van der Waals surface area contributed by atoms with Crippen molar-refractivity contribution in [1.82, 2.24) is 14.9 Å². The van der Waals surface area contributed by atoms with Crippen molar-refractivity contribution in [3.8, 4) is 0 Å². The molecule has 1 saturated heterocycles. The number of aromatic amines is 1. The average molecular weight is 315 g/mol. The number of para-hydroxylation sites is 1. The molecule has 1 aliphatic heterocycles. The van der Waals surface area contributed by atoms with Crippen LogP contribution in [0, 0.1) is 5.92 Å². The number of aromatic nitrogens is 2. The Morgan fingerprint density at radius 2 is 2.09 bits per heavy atom. The third-order valence-electron chi connectivity index (χ3n) is 4.24. The number of nitrogens with one attached hydrogen (secondary N) is 1. The summed E-state index contributed by atoms with van der Waals surface area (Å²) in [7, 11) is 0. The minimum atomic E-state index is -0.105. The monoisotopic (exact) mass is 315 g/mol. The van der Waals surface area contributed by atoms with Gasteiger partial charge in [-0.15, -0.1) is 0 Å². The smallest absolute Gasteiger partial charge is 0.309 e. The van der Waals surface area contributed by atoms with Gasteiger partial charge in [-0.25, -0.2) is 4.98 Å². The Morgan fingerprint density at radius 3 is 2.83 bits per heavy atom. The van der Waals surface area contributed by atoms with Gasteiger partial charge in [0.25, 0.3) is 5.56 Å². The van der Waals surface area contributed by atoms with E-state index in [9.17, 15) is 9.59 Å². The van der Waals surface area contributed by atoms with E-state index in [1.165, 1.54) is 0 Å². The van der Waals surface area contributed by atoms with Crippen molar-refractivity contribution in [2.45, 2.75) is 26.3 Å². The second-order valence-electron chi connectivity index (χ2n) is 5.83. The van der Waals surface area contributed by atoms with Gasteiger partial charge in [-0.2, -0.15) is 0 Å². The number of esters is 1. The third kappa shape index (κ3) is 3.59. The van der Waals surface area contributed by atoms with Gasteiger partial charge < -0.3 is 9.72 Å². The number of H-pyrrole nitrogens is 1. The molecule has 122 valence electrons. The van der Waals surface area contributed by atoms with Gasteiger partial charge in [-0.1, -0.05) is 12.1 Å². The van der Waals surface area contributed by atoms with Gasteiger partial charge in [0.1, 0.15) is 5.82 Å². The predicted molar refractivity (Wildman–Crippen MR) is 87.0 cm³/mol. The number of hydrogen-bond acceptors (Lipinski definition) is 5. The number of hydrogen-bond donors (Lipinski definition) is 1. The summed E-state index contributed by atoms with van der Waals surface area (Å²) < 4.78 is 5.08. The molecule has 3 rings (SSSR count). The van der Waals surface area contributed by atoms with Gasteiger partial charge in [0.2, 0.25) is 0 Å². The molecule has 0 atom stereocenters. The number of carbonyl (C=O) groups is 1. The van der Waals surface area contributed by atoms with Gasteiger partial charge >= 0.3 is 5.97 Å². The molecule has 6 heteroatoms. The zero-order chi connectivity index (χ0) is 16.2. The molecule has 0 unspecified atom stereocenters. The maximum Gasteiger partial charge on any atom is 0.309 e. The summed E-state index contributed by atoms with van der Waals surface area (Å²) in [5.74, 6) is 0.572. The molecule has 2 heterocycles. The molecule has 6 nitrogen and oxygen atoms in total. The van der Waals surface area contributed by atoms with Crippen molar-refractivity contribution in [2.24, 2.45) is 5.92 Å². The van der Waals surface area contributed by atoms with Crippen LogP contribution in [0.25, 0.3) is 10.9 Å². The number of likely N-dealkylation sites (tertiary alicyclic amines) is 1. The van der Waals surface area contributed by atoms with E-state index in [1.807, 2.05) is 25.1 Å². The van der Waals surface area contributed by atoms with Gasteiger partial charge in [0, 0.05) is 0 Å². The van der Waals surface area contributed by atoms with E-state index in [-0.39, 0.29) is 17.4 Å². The summed E-state index contributed by atoms with van der Waals surface area (Å²) in [6, 6.07) is 7.33. The fraction of sp³-hybridized carbons (Fsp3) is 0.471. The molecular weight excluding hydrogens is 294 g/mol. The molecule has 0 radical (unpaired) electrons. The molecule has 1 aromatic carbocycles. The molecule has 0 bridgehead atoms. The van der Waals surface area contributed by atoms with E-state index < -0.39 is 0 Å². The lowest BCUT2D eigenvalue weighted by atomic mass is 9.97. The Labute approximate surface area is 134 Å². The Bertz CT molecular complexity index is 748.